The smallest absolute Gasteiger partial charge is 0.220 e. The normalized spacial score (nSPS) is 12.2. The van der Waals surface area contributed by atoms with Crippen molar-refractivity contribution in [3.63, 3.8) is 0 Å². The number of hydrogen-bond donors (Lipinski definition) is 2. The van der Waals surface area contributed by atoms with Crippen LogP contribution in [-0.2, 0) is 11.2 Å². The maximum atomic E-state index is 12.7. The first-order valence-electron chi connectivity index (χ1n) is 10.0. The molecule has 4 rings (SSSR count). The van der Waals surface area contributed by atoms with Gasteiger partial charge >= 0.3 is 0 Å². The van der Waals surface area contributed by atoms with Gasteiger partial charge in [-0.05, 0) is 54.7 Å². The fourth-order valence-electron chi connectivity index (χ4n) is 3.39. The fraction of sp³-hybridized carbons (Fsp3) is 0.261. The van der Waals surface area contributed by atoms with Gasteiger partial charge in [-0.3, -0.25) is 4.79 Å². The molecule has 1 amide bonds. The van der Waals surface area contributed by atoms with Crippen LogP contribution in [0.1, 0.15) is 30.3 Å². The zero-order chi connectivity index (χ0) is 20.8. The molecule has 6 nitrogen and oxygen atoms in total. The van der Waals surface area contributed by atoms with E-state index in [-0.39, 0.29) is 11.9 Å². The van der Waals surface area contributed by atoms with Crippen LogP contribution in [0, 0.1) is 0 Å². The fourth-order valence-corrected chi connectivity index (χ4v) is 3.86. The van der Waals surface area contributed by atoms with E-state index in [1.807, 2.05) is 71.7 Å². The van der Waals surface area contributed by atoms with Crippen molar-refractivity contribution < 1.29 is 4.79 Å². The standard InChI is InChI=1S/C23H25N5OS/c1-30-14-13-21(23-26-19-9-5-6-10-20(19)27-23)25-22(29)12-11-17-15-24-28(16-17)18-7-3-2-4-8-18/h2-10,15-16,21H,11-14H2,1H3,(H,25,29)(H,26,27). The molecule has 2 N–H and O–H groups in total. The second kappa shape index (κ2) is 9.63. The highest BCUT2D eigenvalue weighted by molar-refractivity contribution is 7.98. The van der Waals surface area contributed by atoms with Gasteiger partial charge in [0.05, 0.1) is 29.0 Å². The van der Waals surface area contributed by atoms with Gasteiger partial charge in [0, 0.05) is 12.6 Å². The third-order valence-corrected chi connectivity index (χ3v) is 5.63. The first-order chi connectivity index (χ1) is 14.7. The average Bonchev–Trinajstić information content (AvgIpc) is 3.43. The molecule has 0 spiro atoms. The predicted molar refractivity (Wildman–Crippen MR) is 122 cm³/mol. The number of benzene rings is 2. The molecule has 4 aromatic rings. The number of fused-ring (bicyclic) bond motifs is 1. The van der Waals surface area contributed by atoms with Crippen molar-refractivity contribution in [3.8, 4) is 5.69 Å². The van der Waals surface area contributed by atoms with Crippen LogP contribution in [0.4, 0.5) is 0 Å². The number of thioether (sulfide) groups is 1. The third kappa shape index (κ3) is 4.91. The molecule has 2 heterocycles. The second-order valence-corrected chi connectivity index (χ2v) is 8.16. The molecule has 0 aliphatic carbocycles. The second-order valence-electron chi connectivity index (χ2n) is 7.17. The average molecular weight is 420 g/mol. The van der Waals surface area contributed by atoms with Gasteiger partial charge in [-0.15, -0.1) is 0 Å². The van der Waals surface area contributed by atoms with Gasteiger partial charge in [-0.1, -0.05) is 30.3 Å². The molecule has 2 aromatic carbocycles. The van der Waals surface area contributed by atoms with Gasteiger partial charge in [-0.2, -0.15) is 16.9 Å². The molecule has 0 radical (unpaired) electrons. The number of nitrogens with zero attached hydrogens (tertiary/aromatic N) is 3. The minimum absolute atomic E-state index is 0.0222. The van der Waals surface area contributed by atoms with E-state index in [1.54, 1.807) is 11.8 Å². The number of carbonyl (C=O) groups is 1. The van der Waals surface area contributed by atoms with Crippen LogP contribution in [0.25, 0.3) is 16.7 Å². The first kappa shape index (κ1) is 20.2. The predicted octanol–water partition coefficient (Wildman–Crippen LogP) is 4.29. The number of imidazole rings is 1. The van der Waals surface area contributed by atoms with Crippen molar-refractivity contribution in [1.29, 1.82) is 0 Å². The lowest BCUT2D eigenvalue weighted by atomic mass is 10.1. The lowest BCUT2D eigenvalue weighted by Crippen LogP contribution is -2.30. The highest BCUT2D eigenvalue weighted by Crippen LogP contribution is 2.20. The number of para-hydroxylation sites is 3. The zero-order valence-electron chi connectivity index (χ0n) is 16.9. The molecule has 1 unspecified atom stereocenters. The summed E-state index contributed by atoms with van der Waals surface area (Å²) in [6.45, 7) is 0. The van der Waals surface area contributed by atoms with E-state index in [0.29, 0.717) is 12.8 Å². The number of carbonyl (C=O) groups excluding carboxylic acids is 1. The highest BCUT2D eigenvalue weighted by Gasteiger charge is 2.18. The largest absolute Gasteiger partial charge is 0.346 e. The van der Waals surface area contributed by atoms with E-state index < -0.39 is 0 Å². The molecule has 0 saturated heterocycles. The Morgan fingerprint density at radius 3 is 2.77 bits per heavy atom. The highest BCUT2D eigenvalue weighted by atomic mass is 32.2. The summed E-state index contributed by atoms with van der Waals surface area (Å²) in [4.78, 5) is 20.7. The Morgan fingerprint density at radius 1 is 1.17 bits per heavy atom. The number of rotatable bonds is 9. The number of aromatic nitrogens is 4. The molecule has 0 aliphatic rings. The molecule has 7 heteroatoms. The van der Waals surface area contributed by atoms with Crippen LogP contribution in [0.2, 0.25) is 0 Å². The minimum Gasteiger partial charge on any atom is -0.346 e. The number of aryl methyl sites for hydroxylation is 1. The van der Waals surface area contributed by atoms with Gasteiger partial charge in [0.15, 0.2) is 0 Å². The quantitative estimate of drug-likeness (QED) is 0.424. The van der Waals surface area contributed by atoms with Crippen LogP contribution in [0.5, 0.6) is 0 Å². The maximum absolute atomic E-state index is 12.7. The van der Waals surface area contributed by atoms with Crippen molar-refractivity contribution in [2.45, 2.75) is 25.3 Å². The molecule has 1 atom stereocenters. The number of nitrogens with one attached hydrogen (secondary N) is 2. The summed E-state index contributed by atoms with van der Waals surface area (Å²) in [5, 5.41) is 7.57. The molecule has 2 aromatic heterocycles. The maximum Gasteiger partial charge on any atom is 0.220 e. The monoisotopic (exact) mass is 419 g/mol. The zero-order valence-corrected chi connectivity index (χ0v) is 17.7. The van der Waals surface area contributed by atoms with Gasteiger partial charge in [-0.25, -0.2) is 9.67 Å². The Hall–Kier alpha value is -3.06. The lowest BCUT2D eigenvalue weighted by molar-refractivity contribution is -0.121. The van der Waals surface area contributed by atoms with Crippen LogP contribution in [0.15, 0.2) is 67.0 Å². The topological polar surface area (TPSA) is 75.6 Å². The number of aromatic amines is 1. The van der Waals surface area contributed by atoms with Crippen LogP contribution in [-0.4, -0.2) is 37.7 Å². The molecular weight excluding hydrogens is 394 g/mol. The Labute approximate surface area is 180 Å². The van der Waals surface area contributed by atoms with Crippen LogP contribution < -0.4 is 5.32 Å². The van der Waals surface area contributed by atoms with Crippen molar-refractivity contribution in [1.82, 2.24) is 25.1 Å². The molecular formula is C23H25N5OS. The summed E-state index contributed by atoms with van der Waals surface area (Å²) < 4.78 is 1.84. The summed E-state index contributed by atoms with van der Waals surface area (Å²) in [6, 6.07) is 17.8. The molecule has 0 aliphatic heterocycles. The van der Waals surface area contributed by atoms with Gasteiger partial charge in [0.1, 0.15) is 5.82 Å². The summed E-state index contributed by atoms with van der Waals surface area (Å²) in [5.41, 5.74) is 3.96. The van der Waals surface area contributed by atoms with Crippen molar-refractivity contribution in [2.75, 3.05) is 12.0 Å². The van der Waals surface area contributed by atoms with Gasteiger partial charge in [0.25, 0.3) is 0 Å². The SMILES string of the molecule is CSCCC(NC(=O)CCc1cnn(-c2ccccc2)c1)c1nc2ccccc2[nH]1. The summed E-state index contributed by atoms with van der Waals surface area (Å²) in [6.07, 6.45) is 7.77. The molecule has 0 bridgehead atoms. The summed E-state index contributed by atoms with van der Waals surface area (Å²) in [5.74, 6) is 1.79. The van der Waals surface area contributed by atoms with E-state index in [1.165, 1.54) is 0 Å². The number of amides is 1. The van der Waals surface area contributed by atoms with Crippen LogP contribution in [0.3, 0.4) is 0 Å². The minimum atomic E-state index is -0.121. The Morgan fingerprint density at radius 2 is 1.97 bits per heavy atom. The van der Waals surface area contributed by atoms with Crippen LogP contribution >= 0.6 is 11.8 Å². The van der Waals surface area contributed by atoms with Gasteiger partial charge in [0.2, 0.25) is 5.91 Å². The van der Waals surface area contributed by atoms with Crippen molar-refractivity contribution in [2.24, 2.45) is 0 Å². The van der Waals surface area contributed by atoms with E-state index in [0.717, 1.165) is 40.3 Å². The van der Waals surface area contributed by atoms with Gasteiger partial charge < -0.3 is 10.3 Å². The third-order valence-electron chi connectivity index (χ3n) is 4.98. The molecule has 154 valence electrons. The summed E-state index contributed by atoms with van der Waals surface area (Å²) >= 11 is 1.77. The van der Waals surface area contributed by atoms with Crippen molar-refractivity contribution in [3.05, 3.63) is 78.4 Å². The first-order valence-corrected chi connectivity index (χ1v) is 11.4. The van der Waals surface area contributed by atoms with E-state index in [4.69, 9.17) is 0 Å². The summed E-state index contributed by atoms with van der Waals surface area (Å²) in [7, 11) is 0. The van der Waals surface area contributed by atoms with Crippen molar-refractivity contribution >= 4 is 28.7 Å². The Bertz CT molecular complexity index is 1070. The van der Waals surface area contributed by atoms with E-state index in [2.05, 4.69) is 26.6 Å². The lowest BCUT2D eigenvalue weighted by Gasteiger charge is -2.16. The molecule has 0 saturated carbocycles. The molecule has 0 fully saturated rings. The van der Waals surface area contributed by atoms with E-state index in [9.17, 15) is 4.79 Å². The number of hydrogen-bond acceptors (Lipinski definition) is 4. The number of H-pyrrole nitrogens is 1. The Kier molecular flexibility index (Phi) is 6.49. The Balaban J connectivity index is 1.38. The molecule has 30 heavy (non-hydrogen) atoms. The van der Waals surface area contributed by atoms with E-state index >= 15 is 0 Å².